The van der Waals surface area contributed by atoms with Crippen LogP contribution in [0.25, 0.3) is 11.4 Å². The van der Waals surface area contributed by atoms with Crippen molar-refractivity contribution in [3.63, 3.8) is 0 Å². The predicted octanol–water partition coefficient (Wildman–Crippen LogP) is 1.56. The zero-order chi connectivity index (χ0) is 13.9. The number of aromatic nitrogens is 4. The van der Waals surface area contributed by atoms with Crippen molar-refractivity contribution in [3.8, 4) is 11.4 Å². The third kappa shape index (κ3) is 2.83. The molecule has 0 N–H and O–H groups in total. The second-order valence-corrected chi connectivity index (χ2v) is 4.56. The molecule has 1 fully saturated rings. The lowest BCUT2D eigenvalue weighted by Crippen LogP contribution is -2.37. The van der Waals surface area contributed by atoms with Crippen LogP contribution in [0.1, 0.15) is 0 Å². The van der Waals surface area contributed by atoms with E-state index in [1.807, 2.05) is 4.90 Å². The monoisotopic (exact) mass is 295 g/mol. The number of ether oxygens (including phenoxy) is 1. The van der Waals surface area contributed by atoms with Crippen molar-refractivity contribution in [2.45, 2.75) is 0 Å². The summed E-state index contributed by atoms with van der Waals surface area (Å²) in [5.41, 5.74) is 0.462. The molecule has 0 radical (unpaired) electrons. The average Bonchev–Trinajstić information content (AvgIpc) is 2.47. The van der Waals surface area contributed by atoms with Crippen molar-refractivity contribution < 1.29 is 9.13 Å². The van der Waals surface area contributed by atoms with E-state index >= 15 is 0 Å². The molecular weight excluding hydrogens is 285 g/mol. The number of hydrogen-bond acceptors (Lipinski definition) is 6. The van der Waals surface area contributed by atoms with Crippen LogP contribution < -0.4 is 4.90 Å². The molecular formula is C12H11ClFN5O. The van der Waals surface area contributed by atoms with Crippen molar-refractivity contribution in [3.05, 3.63) is 29.6 Å². The second kappa shape index (κ2) is 5.64. The maximum absolute atomic E-state index is 13.2. The van der Waals surface area contributed by atoms with E-state index in [2.05, 4.69) is 19.9 Å². The molecule has 0 aliphatic carbocycles. The molecule has 8 heteroatoms. The molecule has 104 valence electrons. The summed E-state index contributed by atoms with van der Waals surface area (Å²) < 4.78 is 18.5. The molecule has 2 aromatic rings. The largest absolute Gasteiger partial charge is 0.378 e. The van der Waals surface area contributed by atoms with E-state index in [1.54, 1.807) is 0 Å². The summed E-state index contributed by atoms with van der Waals surface area (Å²) in [6.07, 6.45) is 2.60. The summed E-state index contributed by atoms with van der Waals surface area (Å²) in [5, 5.41) is 0.0701. The Morgan fingerprint density at radius 2 is 1.95 bits per heavy atom. The fraction of sp³-hybridized carbons (Fsp3) is 0.333. The van der Waals surface area contributed by atoms with Gasteiger partial charge < -0.3 is 9.64 Å². The van der Waals surface area contributed by atoms with Crippen molar-refractivity contribution >= 4 is 17.5 Å². The molecule has 20 heavy (non-hydrogen) atoms. The highest BCUT2D eigenvalue weighted by Gasteiger charge is 2.16. The number of nitrogens with zero attached hydrogens (tertiary/aromatic N) is 5. The molecule has 2 aromatic heterocycles. The van der Waals surface area contributed by atoms with Gasteiger partial charge in [-0.2, -0.15) is 15.0 Å². The van der Waals surface area contributed by atoms with E-state index in [-0.39, 0.29) is 5.28 Å². The first kappa shape index (κ1) is 13.1. The summed E-state index contributed by atoms with van der Waals surface area (Å²) >= 11 is 5.92. The Morgan fingerprint density at radius 3 is 2.70 bits per heavy atom. The van der Waals surface area contributed by atoms with Gasteiger partial charge in [0.1, 0.15) is 5.82 Å². The minimum atomic E-state index is -0.452. The molecule has 0 atom stereocenters. The van der Waals surface area contributed by atoms with Gasteiger partial charge in [-0.25, -0.2) is 4.39 Å². The molecule has 0 saturated carbocycles. The summed E-state index contributed by atoms with van der Waals surface area (Å²) in [4.78, 5) is 18.2. The molecule has 1 aliphatic heterocycles. The summed E-state index contributed by atoms with van der Waals surface area (Å²) in [7, 11) is 0. The molecule has 0 aromatic carbocycles. The molecule has 0 spiro atoms. The van der Waals surface area contributed by atoms with E-state index in [9.17, 15) is 4.39 Å². The van der Waals surface area contributed by atoms with Gasteiger partial charge in [-0.15, -0.1) is 0 Å². The van der Waals surface area contributed by atoms with Crippen molar-refractivity contribution in [1.82, 2.24) is 19.9 Å². The average molecular weight is 296 g/mol. The van der Waals surface area contributed by atoms with E-state index in [0.717, 1.165) is 6.20 Å². The predicted molar refractivity (Wildman–Crippen MR) is 71.1 cm³/mol. The quantitative estimate of drug-likeness (QED) is 0.838. The first-order chi connectivity index (χ1) is 9.72. The zero-order valence-electron chi connectivity index (χ0n) is 10.5. The molecule has 0 bridgehead atoms. The van der Waals surface area contributed by atoms with Crippen LogP contribution in [0.3, 0.4) is 0 Å². The first-order valence-electron chi connectivity index (χ1n) is 6.07. The number of pyridine rings is 1. The van der Waals surface area contributed by atoms with Crippen LogP contribution in [0.15, 0.2) is 18.5 Å². The fourth-order valence-corrected chi connectivity index (χ4v) is 2.06. The summed E-state index contributed by atoms with van der Waals surface area (Å²) in [6.45, 7) is 2.59. The SMILES string of the molecule is Fc1cncc(-c2nc(Cl)nc(N3CCOCC3)n2)c1. The molecule has 1 saturated heterocycles. The van der Waals surface area contributed by atoms with Gasteiger partial charge in [-0.1, -0.05) is 0 Å². The van der Waals surface area contributed by atoms with E-state index < -0.39 is 5.82 Å². The smallest absolute Gasteiger partial charge is 0.230 e. The van der Waals surface area contributed by atoms with Gasteiger partial charge in [0.15, 0.2) is 5.82 Å². The lowest BCUT2D eigenvalue weighted by molar-refractivity contribution is 0.122. The number of halogens is 2. The molecule has 3 rings (SSSR count). The normalized spacial score (nSPS) is 15.4. The molecule has 0 unspecified atom stereocenters. The first-order valence-corrected chi connectivity index (χ1v) is 6.45. The van der Waals surface area contributed by atoms with E-state index in [4.69, 9.17) is 16.3 Å². The molecule has 3 heterocycles. The third-order valence-corrected chi connectivity index (χ3v) is 3.02. The highest BCUT2D eigenvalue weighted by atomic mass is 35.5. The number of hydrogen-bond donors (Lipinski definition) is 0. The van der Waals surface area contributed by atoms with Crippen LogP contribution in [0.4, 0.5) is 10.3 Å². The van der Waals surface area contributed by atoms with E-state index in [0.29, 0.717) is 43.6 Å². The molecule has 0 amide bonds. The Morgan fingerprint density at radius 1 is 1.15 bits per heavy atom. The van der Waals surface area contributed by atoms with Crippen LogP contribution in [0.5, 0.6) is 0 Å². The van der Waals surface area contributed by atoms with Crippen molar-refractivity contribution in [2.75, 3.05) is 31.2 Å². The van der Waals surface area contributed by atoms with Gasteiger partial charge in [-0.05, 0) is 17.7 Å². The van der Waals surface area contributed by atoms with Gasteiger partial charge in [0, 0.05) is 24.8 Å². The van der Waals surface area contributed by atoms with Gasteiger partial charge >= 0.3 is 0 Å². The maximum Gasteiger partial charge on any atom is 0.230 e. The summed E-state index contributed by atoms with van der Waals surface area (Å²) in [6, 6.07) is 1.31. The fourth-order valence-electron chi connectivity index (χ4n) is 1.91. The number of rotatable bonds is 2. The van der Waals surface area contributed by atoms with Crippen molar-refractivity contribution in [1.29, 1.82) is 0 Å². The van der Waals surface area contributed by atoms with E-state index in [1.165, 1.54) is 12.3 Å². The Balaban J connectivity index is 1.97. The highest BCUT2D eigenvalue weighted by molar-refractivity contribution is 6.28. The molecule has 1 aliphatic rings. The lowest BCUT2D eigenvalue weighted by atomic mass is 10.2. The Kier molecular flexibility index (Phi) is 3.70. The minimum Gasteiger partial charge on any atom is -0.378 e. The van der Waals surface area contributed by atoms with Gasteiger partial charge in [0.05, 0.1) is 19.4 Å². The Labute approximate surface area is 119 Å². The van der Waals surface area contributed by atoms with Gasteiger partial charge in [-0.3, -0.25) is 4.98 Å². The molecule has 6 nitrogen and oxygen atoms in total. The highest BCUT2D eigenvalue weighted by Crippen LogP contribution is 2.20. The zero-order valence-corrected chi connectivity index (χ0v) is 11.2. The topological polar surface area (TPSA) is 64.0 Å². The maximum atomic E-state index is 13.2. The Hall–Kier alpha value is -1.86. The number of anilines is 1. The van der Waals surface area contributed by atoms with Gasteiger partial charge in [0.2, 0.25) is 11.2 Å². The van der Waals surface area contributed by atoms with Crippen LogP contribution in [0.2, 0.25) is 5.28 Å². The minimum absolute atomic E-state index is 0.0701. The Bertz CT molecular complexity index is 621. The van der Waals surface area contributed by atoms with Crippen LogP contribution in [0, 0.1) is 5.82 Å². The lowest BCUT2D eigenvalue weighted by Gasteiger charge is -2.26. The van der Waals surface area contributed by atoms with Crippen LogP contribution in [-0.4, -0.2) is 46.2 Å². The second-order valence-electron chi connectivity index (χ2n) is 4.22. The van der Waals surface area contributed by atoms with Crippen molar-refractivity contribution in [2.24, 2.45) is 0 Å². The third-order valence-electron chi connectivity index (χ3n) is 2.85. The van der Waals surface area contributed by atoms with Crippen LogP contribution >= 0.6 is 11.6 Å². The van der Waals surface area contributed by atoms with Gasteiger partial charge in [0.25, 0.3) is 0 Å². The standard InChI is InChI=1S/C12H11ClFN5O/c13-11-16-10(8-5-9(14)7-15-6-8)17-12(18-11)19-1-3-20-4-2-19/h5-7H,1-4H2. The number of morpholine rings is 1. The van der Waals surface area contributed by atoms with Crippen LogP contribution in [-0.2, 0) is 4.74 Å². The summed E-state index contributed by atoms with van der Waals surface area (Å²) in [5.74, 6) is 0.318.